The Balaban J connectivity index is 2.69. The Morgan fingerprint density at radius 2 is 2.09 bits per heavy atom. The summed E-state index contributed by atoms with van der Waals surface area (Å²) in [4.78, 5) is 25.5. The number of nitrogens with one attached hydrogen (secondary N) is 1. The third-order valence-corrected chi connectivity index (χ3v) is 3.56. The third kappa shape index (κ3) is 5.93. The molecule has 0 aliphatic carbocycles. The summed E-state index contributed by atoms with van der Waals surface area (Å²) in [6, 6.07) is 6.73. The Labute approximate surface area is 136 Å². The standard InChI is InChI=1S/C16H23ClN2O3/c1-4-12(3)19(10-9-15(20)22-5-2)16(21)18-14-8-6-7-13(17)11-14/h6-8,11-12H,4-5,9-10H2,1-3H3,(H,18,21). The molecular formula is C16H23ClN2O3. The van der Waals surface area contributed by atoms with Gasteiger partial charge in [0.2, 0.25) is 0 Å². The molecule has 5 nitrogen and oxygen atoms in total. The molecular weight excluding hydrogens is 304 g/mol. The van der Waals surface area contributed by atoms with Gasteiger partial charge in [0.15, 0.2) is 0 Å². The van der Waals surface area contributed by atoms with Crippen LogP contribution in [0.15, 0.2) is 24.3 Å². The number of hydrogen-bond donors (Lipinski definition) is 1. The van der Waals surface area contributed by atoms with Gasteiger partial charge in [0.25, 0.3) is 0 Å². The minimum atomic E-state index is -0.300. The van der Waals surface area contributed by atoms with Crippen molar-refractivity contribution in [3.63, 3.8) is 0 Å². The van der Waals surface area contributed by atoms with Crippen LogP contribution in [-0.2, 0) is 9.53 Å². The van der Waals surface area contributed by atoms with Crippen molar-refractivity contribution in [2.75, 3.05) is 18.5 Å². The van der Waals surface area contributed by atoms with Gasteiger partial charge in [-0.05, 0) is 38.5 Å². The third-order valence-electron chi connectivity index (χ3n) is 3.32. The quantitative estimate of drug-likeness (QED) is 0.772. The summed E-state index contributed by atoms with van der Waals surface area (Å²) in [5.41, 5.74) is 0.627. The fourth-order valence-corrected chi connectivity index (χ4v) is 2.14. The topological polar surface area (TPSA) is 58.6 Å². The molecule has 0 fully saturated rings. The molecule has 1 rings (SSSR count). The second kappa shape index (κ2) is 9.30. The number of amides is 2. The summed E-state index contributed by atoms with van der Waals surface area (Å²) in [6.45, 7) is 6.37. The number of anilines is 1. The van der Waals surface area contributed by atoms with E-state index in [0.29, 0.717) is 23.9 Å². The Kier molecular flexibility index (Phi) is 7.74. The summed E-state index contributed by atoms with van der Waals surface area (Å²) >= 11 is 5.91. The molecule has 0 aliphatic heterocycles. The molecule has 1 aromatic rings. The number of benzene rings is 1. The molecule has 0 heterocycles. The maximum atomic E-state index is 12.4. The lowest BCUT2D eigenvalue weighted by atomic mass is 10.2. The fraction of sp³-hybridized carbons (Fsp3) is 0.500. The molecule has 22 heavy (non-hydrogen) atoms. The highest BCUT2D eigenvalue weighted by Gasteiger charge is 2.20. The predicted octanol–water partition coefficient (Wildman–Crippen LogP) is 3.93. The van der Waals surface area contributed by atoms with Gasteiger partial charge in [-0.1, -0.05) is 24.6 Å². The van der Waals surface area contributed by atoms with E-state index in [1.165, 1.54) is 0 Å². The number of halogens is 1. The molecule has 1 unspecified atom stereocenters. The second-order valence-electron chi connectivity index (χ2n) is 4.95. The van der Waals surface area contributed by atoms with Gasteiger partial charge in [0, 0.05) is 23.3 Å². The molecule has 0 saturated carbocycles. The largest absolute Gasteiger partial charge is 0.466 e. The highest BCUT2D eigenvalue weighted by atomic mass is 35.5. The van der Waals surface area contributed by atoms with Crippen LogP contribution in [0.3, 0.4) is 0 Å². The fourth-order valence-electron chi connectivity index (χ4n) is 1.95. The lowest BCUT2D eigenvalue weighted by Crippen LogP contribution is -2.42. The first kappa shape index (κ1) is 18.3. The smallest absolute Gasteiger partial charge is 0.322 e. The molecule has 6 heteroatoms. The molecule has 1 atom stereocenters. The van der Waals surface area contributed by atoms with Crippen molar-refractivity contribution in [1.29, 1.82) is 0 Å². The minimum absolute atomic E-state index is 0.0219. The van der Waals surface area contributed by atoms with E-state index < -0.39 is 0 Å². The van der Waals surface area contributed by atoms with E-state index in [9.17, 15) is 9.59 Å². The van der Waals surface area contributed by atoms with Crippen LogP contribution in [0.4, 0.5) is 10.5 Å². The molecule has 0 radical (unpaired) electrons. The first-order valence-corrected chi connectivity index (χ1v) is 7.84. The average Bonchev–Trinajstić information content (AvgIpc) is 2.47. The Morgan fingerprint density at radius 3 is 2.68 bits per heavy atom. The van der Waals surface area contributed by atoms with E-state index >= 15 is 0 Å². The van der Waals surface area contributed by atoms with Gasteiger partial charge in [0.05, 0.1) is 13.0 Å². The Hall–Kier alpha value is -1.75. The van der Waals surface area contributed by atoms with Gasteiger partial charge >= 0.3 is 12.0 Å². The molecule has 2 amide bonds. The number of nitrogens with zero attached hydrogens (tertiary/aromatic N) is 1. The normalized spacial score (nSPS) is 11.6. The van der Waals surface area contributed by atoms with Crippen molar-refractivity contribution >= 4 is 29.3 Å². The van der Waals surface area contributed by atoms with E-state index in [2.05, 4.69) is 5.32 Å². The van der Waals surface area contributed by atoms with Crippen LogP contribution < -0.4 is 5.32 Å². The van der Waals surface area contributed by atoms with Crippen LogP contribution in [0.5, 0.6) is 0 Å². The summed E-state index contributed by atoms with van der Waals surface area (Å²) in [5.74, 6) is -0.300. The number of ether oxygens (including phenoxy) is 1. The first-order chi connectivity index (χ1) is 10.5. The van der Waals surface area contributed by atoms with Crippen LogP contribution >= 0.6 is 11.6 Å². The summed E-state index contributed by atoms with van der Waals surface area (Å²) in [7, 11) is 0. The molecule has 122 valence electrons. The monoisotopic (exact) mass is 326 g/mol. The van der Waals surface area contributed by atoms with E-state index in [1.807, 2.05) is 13.8 Å². The van der Waals surface area contributed by atoms with Crippen molar-refractivity contribution in [2.24, 2.45) is 0 Å². The van der Waals surface area contributed by atoms with Crippen LogP contribution in [0.25, 0.3) is 0 Å². The highest BCUT2D eigenvalue weighted by Crippen LogP contribution is 2.16. The zero-order valence-electron chi connectivity index (χ0n) is 13.3. The van der Waals surface area contributed by atoms with Gasteiger partial charge in [-0.3, -0.25) is 4.79 Å². The molecule has 0 aromatic heterocycles. The number of rotatable bonds is 7. The second-order valence-corrected chi connectivity index (χ2v) is 5.38. The molecule has 0 spiro atoms. The number of esters is 1. The van der Waals surface area contributed by atoms with E-state index in [1.54, 1.807) is 36.1 Å². The van der Waals surface area contributed by atoms with Crippen molar-refractivity contribution < 1.29 is 14.3 Å². The van der Waals surface area contributed by atoms with Crippen LogP contribution in [0.2, 0.25) is 5.02 Å². The van der Waals surface area contributed by atoms with Crippen LogP contribution in [-0.4, -0.2) is 36.1 Å². The average molecular weight is 327 g/mol. The van der Waals surface area contributed by atoms with Gasteiger partial charge in [-0.2, -0.15) is 0 Å². The van der Waals surface area contributed by atoms with Crippen molar-refractivity contribution in [2.45, 2.75) is 39.7 Å². The number of carbonyl (C=O) groups excluding carboxylic acids is 2. The van der Waals surface area contributed by atoms with Crippen molar-refractivity contribution in [3.8, 4) is 0 Å². The van der Waals surface area contributed by atoms with Crippen molar-refractivity contribution in [1.82, 2.24) is 4.90 Å². The van der Waals surface area contributed by atoms with Gasteiger partial charge in [-0.15, -0.1) is 0 Å². The molecule has 0 saturated heterocycles. The lowest BCUT2D eigenvalue weighted by molar-refractivity contribution is -0.143. The number of hydrogen-bond acceptors (Lipinski definition) is 3. The molecule has 0 bridgehead atoms. The van der Waals surface area contributed by atoms with Crippen LogP contribution in [0, 0.1) is 0 Å². The van der Waals surface area contributed by atoms with E-state index in [0.717, 1.165) is 6.42 Å². The number of urea groups is 1. The minimum Gasteiger partial charge on any atom is -0.466 e. The number of carbonyl (C=O) groups is 2. The zero-order chi connectivity index (χ0) is 16.5. The van der Waals surface area contributed by atoms with Crippen LogP contribution in [0.1, 0.15) is 33.6 Å². The summed E-state index contributed by atoms with van der Waals surface area (Å²) in [5, 5.41) is 3.36. The molecule has 1 aromatic carbocycles. The molecule has 1 N–H and O–H groups in total. The van der Waals surface area contributed by atoms with Gasteiger partial charge in [-0.25, -0.2) is 4.79 Å². The Bertz CT molecular complexity index is 508. The van der Waals surface area contributed by atoms with E-state index in [-0.39, 0.29) is 24.5 Å². The predicted molar refractivity (Wildman–Crippen MR) is 88.2 cm³/mol. The SMILES string of the molecule is CCOC(=O)CCN(C(=O)Nc1cccc(Cl)c1)C(C)CC. The maximum absolute atomic E-state index is 12.4. The molecule has 0 aliphatic rings. The maximum Gasteiger partial charge on any atom is 0.322 e. The summed E-state index contributed by atoms with van der Waals surface area (Å²) < 4.78 is 4.90. The van der Waals surface area contributed by atoms with Gasteiger partial charge in [0.1, 0.15) is 0 Å². The Morgan fingerprint density at radius 1 is 1.36 bits per heavy atom. The lowest BCUT2D eigenvalue weighted by Gasteiger charge is -2.28. The van der Waals surface area contributed by atoms with Gasteiger partial charge < -0.3 is 15.0 Å². The zero-order valence-corrected chi connectivity index (χ0v) is 14.0. The first-order valence-electron chi connectivity index (χ1n) is 7.46. The van der Waals surface area contributed by atoms with Crippen molar-refractivity contribution in [3.05, 3.63) is 29.3 Å². The highest BCUT2D eigenvalue weighted by molar-refractivity contribution is 6.30. The van der Waals surface area contributed by atoms with E-state index in [4.69, 9.17) is 16.3 Å². The summed E-state index contributed by atoms with van der Waals surface area (Å²) in [6.07, 6.45) is 0.979.